The molecule has 1 saturated heterocycles. The minimum Gasteiger partial charge on any atom is -0.353 e. The van der Waals surface area contributed by atoms with E-state index in [0.717, 1.165) is 22.9 Å². The van der Waals surface area contributed by atoms with E-state index in [0.29, 0.717) is 11.9 Å². The summed E-state index contributed by atoms with van der Waals surface area (Å²) < 4.78 is 0. The molecule has 1 aromatic rings. The molecule has 2 heterocycles. The molecule has 1 aliphatic heterocycles. The Morgan fingerprint density at radius 1 is 1.41 bits per heavy atom. The van der Waals surface area contributed by atoms with Gasteiger partial charge in [-0.05, 0) is 31.4 Å². The molecule has 0 aliphatic carbocycles. The molecule has 1 unspecified atom stereocenters. The second kappa shape index (κ2) is 5.92. The maximum absolute atomic E-state index is 6.30. The zero-order chi connectivity index (χ0) is 12.3. The number of hydrogen-bond donors (Lipinski definition) is 0. The largest absolute Gasteiger partial charge is 0.353 e. The fourth-order valence-corrected chi connectivity index (χ4v) is 2.79. The van der Waals surface area contributed by atoms with Crippen LogP contribution in [0.5, 0.6) is 0 Å². The van der Waals surface area contributed by atoms with Crippen molar-refractivity contribution < 1.29 is 0 Å². The Kier molecular flexibility index (Phi) is 4.52. The highest BCUT2D eigenvalue weighted by atomic mass is 35.5. The van der Waals surface area contributed by atoms with Crippen LogP contribution >= 0.6 is 23.2 Å². The van der Waals surface area contributed by atoms with Gasteiger partial charge in [0.1, 0.15) is 5.82 Å². The predicted octanol–water partition coefficient (Wildman–Crippen LogP) is 4.24. The lowest BCUT2D eigenvalue weighted by Gasteiger charge is -2.29. The molecular weight excluding hydrogens is 255 g/mol. The van der Waals surface area contributed by atoms with Crippen LogP contribution in [0, 0.1) is 0 Å². The van der Waals surface area contributed by atoms with Crippen molar-refractivity contribution in [2.45, 2.75) is 44.5 Å². The molecule has 1 fully saturated rings. The highest BCUT2D eigenvalue weighted by Crippen LogP contribution is 2.29. The Balaban J connectivity index is 2.25. The maximum Gasteiger partial charge on any atom is 0.147 e. The van der Waals surface area contributed by atoms with Crippen molar-refractivity contribution in [3.8, 4) is 0 Å². The summed E-state index contributed by atoms with van der Waals surface area (Å²) in [5.41, 5.74) is 0.975. The van der Waals surface area contributed by atoms with Crippen molar-refractivity contribution in [1.82, 2.24) is 4.98 Å². The summed E-state index contributed by atoms with van der Waals surface area (Å²) in [5, 5.41) is 0.719. The quantitative estimate of drug-likeness (QED) is 0.749. The van der Waals surface area contributed by atoms with E-state index < -0.39 is 0 Å². The fraction of sp³-hybridized carbons (Fsp3) is 0.615. The van der Waals surface area contributed by atoms with E-state index in [1.807, 2.05) is 12.3 Å². The van der Waals surface area contributed by atoms with E-state index in [9.17, 15) is 0 Å². The number of hydrogen-bond acceptors (Lipinski definition) is 2. The summed E-state index contributed by atoms with van der Waals surface area (Å²) in [6.07, 6.45) is 6.87. The summed E-state index contributed by atoms with van der Waals surface area (Å²) >= 11 is 12.1. The summed E-state index contributed by atoms with van der Waals surface area (Å²) in [7, 11) is 0. The van der Waals surface area contributed by atoms with Gasteiger partial charge >= 0.3 is 0 Å². The van der Waals surface area contributed by atoms with E-state index in [1.165, 1.54) is 25.7 Å². The molecule has 2 nitrogen and oxygen atoms in total. The normalized spacial score (nSPS) is 21.4. The van der Waals surface area contributed by atoms with E-state index in [-0.39, 0.29) is 0 Å². The summed E-state index contributed by atoms with van der Waals surface area (Å²) in [4.78, 5) is 6.80. The van der Waals surface area contributed by atoms with Gasteiger partial charge in [0.15, 0.2) is 0 Å². The van der Waals surface area contributed by atoms with Gasteiger partial charge in [-0.1, -0.05) is 24.4 Å². The monoisotopic (exact) mass is 272 g/mol. The van der Waals surface area contributed by atoms with Crippen LogP contribution in [-0.2, 0) is 5.88 Å². The SMILES string of the molecule is CC1CCCCCN1c1ncc(CCl)cc1Cl. The lowest BCUT2D eigenvalue weighted by molar-refractivity contribution is 0.611. The first-order valence-corrected chi connectivity index (χ1v) is 7.10. The summed E-state index contributed by atoms with van der Waals surface area (Å²) in [6.45, 7) is 3.30. The molecule has 0 radical (unpaired) electrons. The molecule has 94 valence electrons. The van der Waals surface area contributed by atoms with E-state index in [2.05, 4.69) is 16.8 Å². The number of anilines is 1. The minimum absolute atomic E-state index is 0.461. The Hall–Kier alpha value is -0.470. The third-order valence-electron chi connectivity index (χ3n) is 3.36. The number of aromatic nitrogens is 1. The minimum atomic E-state index is 0.461. The lowest BCUT2D eigenvalue weighted by atomic mass is 10.1. The van der Waals surface area contributed by atoms with Gasteiger partial charge in [-0.25, -0.2) is 4.98 Å². The van der Waals surface area contributed by atoms with Crippen LogP contribution in [0.3, 0.4) is 0 Å². The van der Waals surface area contributed by atoms with Crippen LogP contribution in [0.4, 0.5) is 5.82 Å². The first-order chi connectivity index (χ1) is 8.22. The van der Waals surface area contributed by atoms with Gasteiger partial charge in [0.2, 0.25) is 0 Å². The predicted molar refractivity (Wildman–Crippen MR) is 74.1 cm³/mol. The van der Waals surface area contributed by atoms with Crippen LogP contribution in [0.15, 0.2) is 12.3 Å². The van der Waals surface area contributed by atoms with Crippen LogP contribution in [0.1, 0.15) is 38.2 Å². The molecule has 0 amide bonds. The number of halogens is 2. The van der Waals surface area contributed by atoms with Crippen molar-refractivity contribution >= 4 is 29.0 Å². The van der Waals surface area contributed by atoms with Gasteiger partial charge in [0.05, 0.1) is 5.02 Å². The molecule has 2 rings (SSSR count). The van der Waals surface area contributed by atoms with E-state index in [1.54, 1.807) is 0 Å². The average molecular weight is 273 g/mol. The zero-order valence-corrected chi connectivity index (χ0v) is 11.6. The number of nitrogens with zero attached hydrogens (tertiary/aromatic N) is 2. The lowest BCUT2D eigenvalue weighted by Crippen LogP contribution is -2.33. The molecule has 0 spiro atoms. The maximum atomic E-state index is 6.30. The molecule has 0 saturated carbocycles. The third-order valence-corrected chi connectivity index (χ3v) is 3.94. The molecule has 0 bridgehead atoms. The first kappa shape index (κ1) is 13.0. The Labute approximate surface area is 113 Å². The van der Waals surface area contributed by atoms with Crippen molar-refractivity contribution in [1.29, 1.82) is 0 Å². The van der Waals surface area contributed by atoms with Gasteiger partial charge in [0.25, 0.3) is 0 Å². The van der Waals surface area contributed by atoms with Gasteiger partial charge in [0, 0.05) is 24.7 Å². The topological polar surface area (TPSA) is 16.1 Å². The number of alkyl halides is 1. The highest BCUT2D eigenvalue weighted by molar-refractivity contribution is 6.33. The highest BCUT2D eigenvalue weighted by Gasteiger charge is 2.20. The van der Waals surface area contributed by atoms with E-state index >= 15 is 0 Å². The first-order valence-electron chi connectivity index (χ1n) is 6.19. The van der Waals surface area contributed by atoms with Crippen molar-refractivity contribution in [3.05, 3.63) is 22.8 Å². The standard InChI is InChI=1S/C13H18Cl2N2/c1-10-5-3-2-4-6-17(10)13-12(15)7-11(8-14)9-16-13/h7,9-10H,2-6,8H2,1H3. The van der Waals surface area contributed by atoms with Crippen molar-refractivity contribution in [2.75, 3.05) is 11.4 Å². The number of pyridine rings is 1. The molecule has 0 N–H and O–H groups in total. The molecule has 0 aromatic carbocycles. The van der Waals surface area contributed by atoms with Crippen LogP contribution in [-0.4, -0.2) is 17.6 Å². The fourth-order valence-electron chi connectivity index (χ4n) is 2.34. The summed E-state index contributed by atoms with van der Waals surface area (Å²) in [6, 6.07) is 2.44. The van der Waals surface area contributed by atoms with Gasteiger partial charge in [-0.3, -0.25) is 0 Å². The Bertz CT molecular complexity index is 382. The second-order valence-corrected chi connectivity index (χ2v) is 5.35. The molecule has 1 aromatic heterocycles. The van der Waals surface area contributed by atoms with Crippen LogP contribution in [0.2, 0.25) is 5.02 Å². The average Bonchev–Trinajstić information content (AvgIpc) is 2.54. The van der Waals surface area contributed by atoms with Crippen LogP contribution < -0.4 is 4.90 Å². The molecule has 1 atom stereocenters. The van der Waals surface area contributed by atoms with Gasteiger partial charge in [-0.2, -0.15) is 0 Å². The van der Waals surface area contributed by atoms with Crippen LogP contribution in [0.25, 0.3) is 0 Å². The zero-order valence-electron chi connectivity index (χ0n) is 10.1. The van der Waals surface area contributed by atoms with Crippen molar-refractivity contribution in [2.24, 2.45) is 0 Å². The molecular formula is C13H18Cl2N2. The summed E-state index contributed by atoms with van der Waals surface area (Å²) in [5.74, 6) is 1.37. The van der Waals surface area contributed by atoms with E-state index in [4.69, 9.17) is 23.2 Å². The van der Waals surface area contributed by atoms with Gasteiger partial charge in [-0.15, -0.1) is 11.6 Å². The van der Waals surface area contributed by atoms with Gasteiger partial charge < -0.3 is 4.90 Å². The second-order valence-electron chi connectivity index (χ2n) is 4.67. The molecule has 1 aliphatic rings. The smallest absolute Gasteiger partial charge is 0.147 e. The van der Waals surface area contributed by atoms with Crippen molar-refractivity contribution in [3.63, 3.8) is 0 Å². The number of rotatable bonds is 2. The Morgan fingerprint density at radius 2 is 2.24 bits per heavy atom. The molecule has 17 heavy (non-hydrogen) atoms. The molecule has 4 heteroatoms. The Morgan fingerprint density at radius 3 is 2.94 bits per heavy atom. The third kappa shape index (κ3) is 3.05.